The number of benzene rings is 1. The molecule has 2 nitrogen and oxygen atoms in total. The molecule has 0 spiro atoms. The Balaban J connectivity index is 2.41. The van der Waals surface area contributed by atoms with Crippen LogP contribution in [0.5, 0.6) is 0 Å². The van der Waals surface area contributed by atoms with Crippen LogP contribution in [0.3, 0.4) is 0 Å². The minimum Gasteiger partial charge on any atom is -0.400 e. The lowest BCUT2D eigenvalue weighted by molar-refractivity contribution is 0.277. The molecule has 0 amide bonds. The van der Waals surface area contributed by atoms with Gasteiger partial charge in [0.05, 0.1) is 0 Å². The van der Waals surface area contributed by atoms with Crippen molar-refractivity contribution >= 4 is 9.28 Å². The SMILES string of the molecule is CO[SiH](CCc1ccc(C)cc1)OC. The van der Waals surface area contributed by atoms with Crippen molar-refractivity contribution in [2.75, 3.05) is 14.2 Å². The molecule has 78 valence electrons. The summed E-state index contributed by atoms with van der Waals surface area (Å²) in [4.78, 5) is 0. The van der Waals surface area contributed by atoms with Crippen LogP contribution in [-0.2, 0) is 15.3 Å². The van der Waals surface area contributed by atoms with E-state index in [1.54, 1.807) is 14.2 Å². The van der Waals surface area contributed by atoms with E-state index >= 15 is 0 Å². The highest BCUT2D eigenvalue weighted by molar-refractivity contribution is 6.44. The fourth-order valence-electron chi connectivity index (χ4n) is 1.37. The van der Waals surface area contributed by atoms with E-state index in [0.717, 1.165) is 12.5 Å². The molecule has 0 aliphatic heterocycles. The molecular formula is C11H18O2Si. The van der Waals surface area contributed by atoms with Crippen LogP contribution in [0, 0.1) is 6.92 Å². The van der Waals surface area contributed by atoms with Gasteiger partial charge in [0.15, 0.2) is 0 Å². The predicted octanol–water partition coefficient (Wildman–Crippen LogP) is 2.05. The number of aryl methyl sites for hydroxylation is 2. The average Bonchev–Trinajstić information content (AvgIpc) is 2.22. The van der Waals surface area contributed by atoms with E-state index < -0.39 is 9.28 Å². The van der Waals surface area contributed by atoms with Crippen LogP contribution < -0.4 is 0 Å². The Morgan fingerprint density at radius 2 is 1.64 bits per heavy atom. The Kier molecular flexibility index (Phi) is 4.86. The second-order valence-corrected chi connectivity index (χ2v) is 5.80. The standard InChI is InChI=1S/C11H18O2Si/c1-10-4-6-11(7-5-10)8-9-14(12-2)13-3/h4-7,14H,8-9H2,1-3H3. The molecule has 14 heavy (non-hydrogen) atoms. The van der Waals surface area contributed by atoms with Crippen LogP contribution >= 0.6 is 0 Å². The third-order valence-corrected chi connectivity index (χ3v) is 4.13. The number of rotatable bonds is 5. The molecular weight excluding hydrogens is 192 g/mol. The van der Waals surface area contributed by atoms with E-state index in [-0.39, 0.29) is 0 Å². The zero-order valence-electron chi connectivity index (χ0n) is 9.12. The van der Waals surface area contributed by atoms with Crippen LogP contribution in [0.4, 0.5) is 0 Å². The summed E-state index contributed by atoms with van der Waals surface area (Å²) in [5, 5.41) is 0. The summed E-state index contributed by atoms with van der Waals surface area (Å²) in [7, 11) is 2.09. The first kappa shape index (κ1) is 11.4. The summed E-state index contributed by atoms with van der Waals surface area (Å²) in [5.41, 5.74) is 2.67. The van der Waals surface area contributed by atoms with Gasteiger partial charge in [-0.1, -0.05) is 29.8 Å². The maximum Gasteiger partial charge on any atom is 0.321 e. The Bertz CT molecular complexity index is 254. The molecule has 0 unspecified atom stereocenters. The van der Waals surface area contributed by atoms with Crippen molar-refractivity contribution in [3.63, 3.8) is 0 Å². The molecule has 3 heteroatoms. The second-order valence-electron chi connectivity index (χ2n) is 3.43. The molecule has 0 aliphatic carbocycles. The van der Waals surface area contributed by atoms with E-state index in [1.165, 1.54) is 11.1 Å². The molecule has 0 heterocycles. The van der Waals surface area contributed by atoms with Crippen LogP contribution in [0.15, 0.2) is 24.3 Å². The average molecular weight is 210 g/mol. The van der Waals surface area contributed by atoms with Crippen molar-refractivity contribution in [2.45, 2.75) is 19.4 Å². The highest BCUT2D eigenvalue weighted by Gasteiger charge is 2.08. The van der Waals surface area contributed by atoms with Gasteiger partial charge in [0.2, 0.25) is 0 Å². The Morgan fingerprint density at radius 1 is 1.07 bits per heavy atom. The van der Waals surface area contributed by atoms with Crippen molar-refractivity contribution in [3.8, 4) is 0 Å². The molecule has 1 rings (SSSR count). The topological polar surface area (TPSA) is 18.5 Å². The lowest BCUT2D eigenvalue weighted by Gasteiger charge is -2.10. The van der Waals surface area contributed by atoms with E-state index in [0.29, 0.717) is 0 Å². The second kappa shape index (κ2) is 5.96. The van der Waals surface area contributed by atoms with Crippen molar-refractivity contribution in [2.24, 2.45) is 0 Å². The molecule has 1 aromatic carbocycles. The molecule has 0 N–H and O–H groups in total. The van der Waals surface area contributed by atoms with Gasteiger partial charge in [0.1, 0.15) is 0 Å². The largest absolute Gasteiger partial charge is 0.400 e. The fourth-order valence-corrected chi connectivity index (χ4v) is 2.60. The van der Waals surface area contributed by atoms with Gasteiger partial charge in [-0.3, -0.25) is 0 Å². The minimum absolute atomic E-state index is 1.04. The van der Waals surface area contributed by atoms with E-state index in [2.05, 4.69) is 31.2 Å². The van der Waals surface area contributed by atoms with Gasteiger partial charge >= 0.3 is 9.28 Å². The van der Waals surface area contributed by atoms with Crippen LogP contribution in [0.2, 0.25) is 6.04 Å². The third kappa shape index (κ3) is 3.62. The highest BCUT2D eigenvalue weighted by Crippen LogP contribution is 2.08. The maximum absolute atomic E-state index is 5.26. The van der Waals surface area contributed by atoms with Gasteiger partial charge < -0.3 is 8.85 Å². The van der Waals surface area contributed by atoms with Gasteiger partial charge in [-0.25, -0.2) is 0 Å². The third-order valence-electron chi connectivity index (χ3n) is 2.32. The Hall–Kier alpha value is -0.643. The summed E-state index contributed by atoms with van der Waals surface area (Å²) in [6.07, 6.45) is 1.05. The Labute approximate surface area is 87.7 Å². The summed E-state index contributed by atoms with van der Waals surface area (Å²) < 4.78 is 10.5. The lowest BCUT2D eigenvalue weighted by Crippen LogP contribution is -2.19. The molecule has 0 aromatic heterocycles. The van der Waals surface area contributed by atoms with E-state index in [4.69, 9.17) is 8.85 Å². The molecule has 0 bridgehead atoms. The molecule has 0 saturated heterocycles. The van der Waals surface area contributed by atoms with Crippen molar-refractivity contribution in [3.05, 3.63) is 35.4 Å². The monoisotopic (exact) mass is 210 g/mol. The zero-order valence-corrected chi connectivity index (χ0v) is 10.3. The van der Waals surface area contributed by atoms with Crippen molar-refractivity contribution < 1.29 is 8.85 Å². The Morgan fingerprint density at radius 3 is 2.14 bits per heavy atom. The highest BCUT2D eigenvalue weighted by atomic mass is 28.3. The minimum atomic E-state index is -1.37. The van der Waals surface area contributed by atoms with Crippen molar-refractivity contribution in [1.82, 2.24) is 0 Å². The summed E-state index contributed by atoms with van der Waals surface area (Å²) >= 11 is 0. The van der Waals surface area contributed by atoms with Gasteiger partial charge in [0.25, 0.3) is 0 Å². The van der Waals surface area contributed by atoms with Crippen molar-refractivity contribution in [1.29, 1.82) is 0 Å². The summed E-state index contributed by atoms with van der Waals surface area (Å²) in [5.74, 6) is 0. The summed E-state index contributed by atoms with van der Waals surface area (Å²) in [6.45, 7) is 2.10. The first-order valence-electron chi connectivity index (χ1n) is 4.87. The van der Waals surface area contributed by atoms with E-state index in [1.807, 2.05) is 0 Å². The smallest absolute Gasteiger partial charge is 0.321 e. The summed E-state index contributed by atoms with van der Waals surface area (Å²) in [6, 6.07) is 9.67. The maximum atomic E-state index is 5.26. The van der Waals surface area contributed by atoms with Crippen LogP contribution in [-0.4, -0.2) is 23.5 Å². The molecule has 0 atom stereocenters. The van der Waals surface area contributed by atoms with Gasteiger partial charge in [0, 0.05) is 14.2 Å². The number of hydrogen-bond acceptors (Lipinski definition) is 2. The first-order chi connectivity index (χ1) is 6.76. The molecule has 1 aromatic rings. The van der Waals surface area contributed by atoms with Crippen LogP contribution in [0.25, 0.3) is 0 Å². The molecule has 0 aliphatic rings. The quantitative estimate of drug-likeness (QED) is 0.693. The van der Waals surface area contributed by atoms with Gasteiger partial charge in [-0.15, -0.1) is 0 Å². The first-order valence-corrected chi connectivity index (χ1v) is 6.63. The normalized spacial score (nSPS) is 10.9. The molecule has 0 radical (unpaired) electrons. The number of hydrogen-bond donors (Lipinski definition) is 0. The lowest BCUT2D eigenvalue weighted by atomic mass is 10.1. The fraction of sp³-hybridized carbons (Fsp3) is 0.455. The van der Waals surface area contributed by atoms with E-state index in [9.17, 15) is 0 Å². The van der Waals surface area contributed by atoms with Crippen LogP contribution in [0.1, 0.15) is 11.1 Å². The van der Waals surface area contributed by atoms with Gasteiger partial charge in [-0.2, -0.15) is 0 Å². The molecule has 0 saturated carbocycles. The predicted molar refractivity (Wildman–Crippen MR) is 60.9 cm³/mol. The zero-order chi connectivity index (χ0) is 10.4. The van der Waals surface area contributed by atoms with Gasteiger partial charge in [-0.05, 0) is 25.0 Å². The molecule has 0 fully saturated rings.